The number of carbonyl (C=O) groups is 1. The monoisotopic (exact) mass is 288 g/mol. The first kappa shape index (κ1) is 15.1. The molecule has 1 rings (SSSR count). The molecule has 0 aromatic heterocycles. The van der Waals surface area contributed by atoms with Crippen molar-refractivity contribution in [1.82, 2.24) is 10.6 Å². The SMILES string of the molecule is C[C@@H](NC(=O)NC(C)(C)C)c1ccc(Cl)cc1Cl. The average molecular weight is 289 g/mol. The molecule has 0 bridgehead atoms. The maximum atomic E-state index is 11.7. The number of hydrogen-bond donors (Lipinski definition) is 2. The van der Waals surface area contributed by atoms with Gasteiger partial charge in [-0.3, -0.25) is 0 Å². The largest absolute Gasteiger partial charge is 0.334 e. The van der Waals surface area contributed by atoms with E-state index in [2.05, 4.69) is 10.6 Å². The Balaban J connectivity index is 2.71. The molecule has 5 heteroatoms. The molecule has 0 unspecified atom stereocenters. The molecule has 0 heterocycles. The molecular formula is C13H18Cl2N2O. The smallest absolute Gasteiger partial charge is 0.315 e. The average Bonchev–Trinajstić information content (AvgIpc) is 2.13. The van der Waals surface area contributed by atoms with Gasteiger partial charge in [0.2, 0.25) is 0 Å². The number of rotatable bonds is 2. The van der Waals surface area contributed by atoms with Crippen molar-refractivity contribution in [3.63, 3.8) is 0 Å². The summed E-state index contributed by atoms with van der Waals surface area (Å²) in [6.07, 6.45) is 0. The van der Waals surface area contributed by atoms with Crippen molar-refractivity contribution < 1.29 is 4.79 Å². The third kappa shape index (κ3) is 4.75. The number of benzene rings is 1. The molecule has 0 saturated carbocycles. The number of urea groups is 1. The van der Waals surface area contributed by atoms with Crippen molar-refractivity contribution in [2.75, 3.05) is 0 Å². The summed E-state index contributed by atoms with van der Waals surface area (Å²) in [6.45, 7) is 7.64. The van der Waals surface area contributed by atoms with E-state index in [1.54, 1.807) is 12.1 Å². The first-order valence-corrected chi connectivity index (χ1v) is 6.48. The van der Waals surface area contributed by atoms with Crippen LogP contribution in [0.2, 0.25) is 10.0 Å². The normalized spacial score (nSPS) is 13.0. The third-order valence-corrected chi connectivity index (χ3v) is 2.83. The number of hydrogen-bond acceptors (Lipinski definition) is 1. The summed E-state index contributed by atoms with van der Waals surface area (Å²) in [5, 5.41) is 6.79. The molecule has 0 spiro atoms. The molecular weight excluding hydrogens is 271 g/mol. The second-order valence-corrected chi connectivity index (χ2v) is 6.08. The second kappa shape index (κ2) is 5.81. The van der Waals surface area contributed by atoms with Crippen LogP contribution in [0.3, 0.4) is 0 Å². The predicted octanol–water partition coefficient (Wildman–Crippen LogP) is 4.15. The molecule has 100 valence electrons. The minimum Gasteiger partial charge on any atom is -0.334 e. The molecule has 0 aliphatic heterocycles. The van der Waals surface area contributed by atoms with Crippen LogP contribution >= 0.6 is 23.2 Å². The lowest BCUT2D eigenvalue weighted by atomic mass is 10.1. The Hall–Kier alpha value is -0.930. The van der Waals surface area contributed by atoms with Gasteiger partial charge in [0.05, 0.1) is 6.04 Å². The van der Waals surface area contributed by atoms with Crippen molar-refractivity contribution in [2.45, 2.75) is 39.3 Å². The summed E-state index contributed by atoms with van der Waals surface area (Å²) in [6, 6.07) is 4.83. The molecule has 0 aliphatic rings. The fourth-order valence-corrected chi connectivity index (χ4v) is 2.08. The Labute approximate surface area is 118 Å². The van der Waals surface area contributed by atoms with E-state index in [0.29, 0.717) is 10.0 Å². The van der Waals surface area contributed by atoms with Crippen LogP contribution in [0, 0.1) is 0 Å². The highest BCUT2D eigenvalue weighted by molar-refractivity contribution is 6.35. The van der Waals surface area contributed by atoms with Gasteiger partial charge in [-0.2, -0.15) is 0 Å². The van der Waals surface area contributed by atoms with Gasteiger partial charge in [-0.05, 0) is 45.4 Å². The summed E-state index contributed by atoms with van der Waals surface area (Å²) in [5.74, 6) is 0. The summed E-state index contributed by atoms with van der Waals surface area (Å²) in [5.41, 5.74) is 0.568. The van der Waals surface area contributed by atoms with Gasteiger partial charge in [-0.1, -0.05) is 29.3 Å². The van der Waals surface area contributed by atoms with Crippen molar-refractivity contribution in [1.29, 1.82) is 0 Å². The topological polar surface area (TPSA) is 41.1 Å². The molecule has 18 heavy (non-hydrogen) atoms. The number of halogens is 2. The van der Waals surface area contributed by atoms with Crippen LogP contribution in [0.1, 0.15) is 39.3 Å². The van der Waals surface area contributed by atoms with Gasteiger partial charge in [0.25, 0.3) is 0 Å². The lowest BCUT2D eigenvalue weighted by Gasteiger charge is -2.23. The zero-order chi connectivity index (χ0) is 13.9. The molecule has 1 aromatic carbocycles. The maximum absolute atomic E-state index is 11.7. The number of carbonyl (C=O) groups excluding carboxylic acids is 1. The molecule has 3 nitrogen and oxygen atoms in total. The molecule has 0 fully saturated rings. The van der Waals surface area contributed by atoms with Gasteiger partial charge in [0.15, 0.2) is 0 Å². The van der Waals surface area contributed by atoms with Crippen LogP contribution in [0.4, 0.5) is 4.79 Å². The zero-order valence-corrected chi connectivity index (χ0v) is 12.5. The Morgan fingerprint density at radius 3 is 2.39 bits per heavy atom. The Kier molecular flexibility index (Phi) is 4.88. The van der Waals surface area contributed by atoms with Crippen LogP contribution in [-0.4, -0.2) is 11.6 Å². The van der Waals surface area contributed by atoms with Crippen molar-refractivity contribution in [3.05, 3.63) is 33.8 Å². The Bertz CT molecular complexity index is 441. The molecule has 0 radical (unpaired) electrons. The number of amides is 2. The Morgan fingerprint density at radius 1 is 1.28 bits per heavy atom. The van der Waals surface area contributed by atoms with Crippen LogP contribution in [0.25, 0.3) is 0 Å². The third-order valence-electron chi connectivity index (χ3n) is 2.27. The van der Waals surface area contributed by atoms with Crippen molar-refractivity contribution >= 4 is 29.2 Å². The summed E-state index contributed by atoms with van der Waals surface area (Å²) in [4.78, 5) is 11.7. The fraction of sp³-hybridized carbons (Fsp3) is 0.462. The van der Waals surface area contributed by atoms with Gasteiger partial charge < -0.3 is 10.6 Å². The minimum atomic E-state index is -0.270. The van der Waals surface area contributed by atoms with E-state index in [9.17, 15) is 4.79 Å². The van der Waals surface area contributed by atoms with E-state index >= 15 is 0 Å². The highest BCUT2D eigenvalue weighted by Crippen LogP contribution is 2.25. The van der Waals surface area contributed by atoms with Crippen LogP contribution in [0.15, 0.2) is 18.2 Å². The van der Waals surface area contributed by atoms with Gasteiger partial charge in [-0.25, -0.2) is 4.79 Å². The lowest BCUT2D eigenvalue weighted by molar-refractivity contribution is 0.229. The highest BCUT2D eigenvalue weighted by Gasteiger charge is 2.17. The van der Waals surface area contributed by atoms with Crippen LogP contribution in [0.5, 0.6) is 0 Å². The molecule has 0 saturated heterocycles. The minimum absolute atomic E-state index is 0.183. The van der Waals surface area contributed by atoms with E-state index in [-0.39, 0.29) is 17.6 Å². The molecule has 1 aromatic rings. The Morgan fingerprint density at radius 2 is 1.89 bits per heavy atom. The van der Waals surface area contributed by atoms with Crippen molar-refractivity contribution in [2.24, 2.45) is 0 Å². The maximum Gasteiger partial charge on any atom is 0.315 e. The fourth-order valence-electron chi connectivity index (χ4n) is 1.50. The standard InChI is InChI=1S/C13H18Cl2N2O/c1-8(16-12(18)17-13(2,3)4)10-6-5-9(14)7-11(10)15/h5-8H,1-4H3,(H2,16,17,18)/t8-/m1/s1. The van der Waals surface area contributed by atoms with Gasteiger partial charge in [0.1, 0.15) is 0 Å². The molecule has 2 N–H and O–H groups in total. The molecule has 0 aliphatic carbocycles. The van der Waals surface area contributed by atoms with Gasteiger partial charge in [-0.15, -0.1) is 0 Å². The highest BCUT2D eigenvalue weighted by atomic mass is 35.5. The molecule has 1 atom stereocenters. The van der Waals surface area contributed by atoms with E-state index in [0.717, 1.165) is 5.56 Å². The van der Waals surface area contributed by atoms with Crippen molar-refractivity contribution in [3.8, 4) is 0 Å². The van der Waals surface area contributed by atoms with E-state index in [1.165, 1.54) is 0 Å². The molecule has 2 amide bonds. The van der Waals surface area contributed by atoms with E-state index < -0.39 is 0 Å². The second-order valence-electron chi connectivity index (χ2n) is 5.24. The van der Waals surface area contributed by atoms with E-state index in [1.807, 2.05) is 33.8 Å². The van der Waals surface area contributed by atoms with Crippen LogP contribution in [-0.2, 0) is 0 Å². The lowest BCUT2D eigenvalue weighted by Crippen LogP contribution is -2.47. The summed E-state index contributed by atoms with van der Waals surface area (Å²) in [7, 11) is 0. The van der Waals surface area contributed by atoms with Gasteiger partial charge in [0, 0.05) is 15.6 Å². The zero-order valence-electron chi connectivity index (χ0n) is 11.0. The summed E-state index contributed by atoms with van der Waals surface area (Å²) < 4.78 is 0. The van der Waals surface area contributed by atoms with Crippen LogP contribution < -0.4 is 10.6 Å². The first-order chi connectivity index (χ1) is 8.19. The van der Waals surface area contributed by atoms with Gasteiger partial charge >= 0.3 is 6.03 Å². The number of nitrogens with one attached hydrogen (secondary N) is 2. The van der Waals surface area contributed by atoms with E-state index in [4.69, 9.17) is 23.2 Å². The first-order valence-electron chi connectivity index (χ1n) is 5.72. The summed E-state index contributed by atoms with van der Waals surface area (Å²) >= 11 is 11.9. The quantitative estimate of drug-likeness (QED) is 0.843. The predicted molar refractivity (Wildman–Crippen MR) is 76.3 cm³/mol.